The monoisotopic (exact) mass is 290 g/mol. The highest BCUT2D eigenvalue weighted by Gasteiger charge is 2.25. The van der Waals surface area contributed by atoms with Crippen molar-refractivity contribution in [3.63, 3.8) is 0 Å². The van der Waals surface area contributed by atoms with E-state index in [0.29, 0.717) is 11.6 Å². The van der Waals surface area contributed by atoms with Crippen molar-refractivity contribution >= 4 is 11.6 Å². The maximum Gasteiger partial charge on any atom is 0.299 e. The van der Waals surface area contributed by atoms with E-state index in [0.717, 1.165) is 19.4 Å². The summed E-state index contributed by atoms with van der Waals surface area (Å²) in [5, 5.41) is 6.96. The average Bonchev–Trinajstić information content (AvgIpc) is 3.17. The molecule has 0 bridgehead atoms. The van der Waals surface area contributed by atoms with Gasteiger partial charge >= 0.3 is 0 Å². The third kappa shape index (κ3) is 2.78. The van der Waals surface area contributed by atoms with Crippen molar-refractivity contribution in [2.75, 3.05) is 18.5 Å². The number of nitrogens with zero attached hydrogens (tertiary/aromatic N) is 3. The Morgan fingerprint density at radius 1 is 1.43 bits per heavy atom. The predicted molar refractivity (Wildman–Crippen MR) is 73.4 cm³/mol. The fourth-order valence-electron chi connectivity index (χ4n) is 2.29. The molecule has 1 saturated heterocycles. The summed E-state index contributed by atoms with van der Waals surface area (Å²) in [7, 11) is 1.58. The number of carbonyl (C=O) groups excluding carboxylic acids is 1. The van der Waals surface area contributed by atoms with Crippen LogP contribution in [0.25, 0.3) is 0 Å². The van der Waals surface area contributed by atoms with E-state index >= 15 is 0 Å². The number of hydrogen-bond acceptors (Lipinski definition) is 5. The molecule has 0 spiro atoms. The van der Waals surface area contributed by atoms with Crippen LogP contribution in [0.2, 0.25) is 0 Å². The van der Waals surface area contributed by atoms with Crippen LogP contribution in [0.3, 0.4) is 0 Å². The fraction of sp³-hybridized carbons (Fsp3) is 0.357. The molecule has 1 aromatic carbocycles. The third-order valence-electron chi connectivity index (χ3n) is 3.51. The van der Waals surface area contributed by atoms with E-state index in [9.17, 15) is 9.18 Å². The fourth-order valence-corrected chi connectivity index (χ4v) is 2.29. The van der Waals surface area contributed by atoms with Crippen LogP contribution in [0.5, 0.6) is 0 Å². The van der Waals surface area contributed by atoms with Crippen LogP contribution in [0, 0.1) is 5.82 Å². The molecule has 21 heavy (non-hydrogen) atoms. The average molecular weight is 290 g/mol. The van der Waals surface area contributed by atoms with Gasteiger partial charge in [-0.15, -0.1) is 0 Å². The lowest BCUT2D eigenvalue weighted by Crippen LogP contribution is -2.27. The number of nitrogens with one attached hydrogen (secondary N) is 1. The zero-order valence-corrected chi connectivity index (χ0v) is 11.5. The molecule has 2 aromatic rings. The molecule has 1 aliphatic rings. The maximum atomic E-state index is 12.9. The first-order valence-electron chi connectivity index (χ1n) is 6.76. The van der Waals surface area contributed by atoms with Gasteiger partial charge in [-0.2, -0.15) is 4.98 Å². The van der Waals surface area contributed by atoms with Crippen molar-refractivity contribution in [1.29, 1.82) is 0 Å². The summed E-state index contributed by atoms with van der Waals surface area (Å²) in [5.41, 5.74) is 0.562. The molecular formula is C14H15FN4O2. The van der Waals surface area contributed by atoms with Crippen LogP contribution in [-0.2, 0) is 0 Å². The molecule has 1 unspecified atom stereocenters. The Bertz CT molecular complexity index is 635. The number of anilines is 1. The second-order valence-electron chi connectivity index (χ2n) is 4.95. The second-order valence-corrected chi connectivity index (χ2v) is 4.95. The van der Waals surface area contributed by atoms with Gasteiger partial charge in [0, 0.05) is 12.7 Å². The van der Waals surface area contributed by atoms with E-state index in [1.54, 1.807) is 7.05 Å². The number of rotatable bonds is 3. The Hall–Kier alpha value is -2.28. The van der Waals surface area contributed by atoms with Gasteiger partial charge in [-0.1, -0.05) is 5.16 Å². The highest BCUT2D eigenvalue weighted by Crippen LogP contribution is 2.22. The summed E-state index contributed by atoms with van der Waals surface area (Å²) in [6.07, 6.45) is 1.97. The van der Waals surface area contributed by atoms with Crippen LogP contribution >= 0.6 is 0 Å². The number of benzene rings is 1. The minimum atomic E-state index is -0.394. The molecule has 1 aromatic heterocycles. The van der Waals surface area contributed by atoms with Gasteiger partial charge in [-0.25, -0.2) is 4.39 Å². The second kappa shape index (κ2) is 5.61. The van der Waals surface area contributed by atoms with Gasteiger partial charge in [0.15, 0.2) is 0 Å². The Labute approximate surface area is 120 Å². The Morgan fingerprint density at radius 2 is 2.19 bits per heavy atom. The number of aromatic nitrogens is 2. The smallest absolute Gasteiger partial charge is 0.299 e. The van der Waals surface area contributed by atoms with Crippen LogP contribution in [0.15, 0.2) is 28.8 Å². The summed E-state index contributed by atoms with van der Waals surface area (Å²) in [6.45, 7) is 0.909. The molecule has 1 atom stereocenters. The molecule has 6 nitrogen and oxygen atoms in total. The van der Waals surface area contributed by atoms with Crippen molar-refractivity contribution in [3.8, 4) is 0 Å². The van der Waals surface area contributed by atoms with E-state index in [4.69, 9.17) is 4.52 Å². The summed E-state index contributed by atoms with van der Waals surface area (Å²) in [4.78, 5) is 17.8. The van der Waals surface area contributed by atoms with Gasteiger partial charge in [0.1, 0.15) is 5.82 Å². The Morgan fingerprint density at radius 3 is 2.86 bits per heavy atom. The SMILES string of the molecule is CN(C(=O)c1noc(C2CCCN2)n1)c1ccc(F)cc1. The first-order valence-corrected chi connectivity index (χ1v) is 6.76. The number of hydrogen-bond donors (Lipinski definition) is 1. The summed E-state index contributed by atoms with van der Waals surface area (Å²) in [5.74, 6) is -0.308. The number of halogens is 1. The highest BCUT2D eigenvalue weighted by atomic mass is 19.1. The zero-order chi connectivity index (χ0) is 14.8. The van der Waals surface area contributed by atoms with Gasteiger partial charge in [-0.3, -0.25) is 4.79 Å². The predicted octanol–water partition coefficient (Wildman–Crippen LogP) is 1.91. The lowest BCUT2D eigenvalue weighted by Gasteiger charge is -2.14. The normalized spacial score (nSPS) is 17.9. The van der Waals surface area contributed by atoms with Crippen molar-refractivity contribution in [2.24, 2.45) is 0 Å². The molecule has 0 aliphatic carbocycles. The first-order chi connectivity index (χ1) is 10.1. The quantitative estimate of drug-likeness (QED) is 0.935. The molecule has 1 aliphatic heterocycles. The zero-order valence-electron chi connectivity index (χ0n) is 11.5. The van der Waals surface area contributed by atoms with E-state index in [-0.39, 0.29) is 17.7 Å². The molecule has 1 N–H and O–H groups in total. The van der Waals surface area contributed by atoms with E-state index in [1.165, 1.54) is 29.2 Å². The molecular weight excluding hydrogens is 275 g/mol. The van der Waals surface area contributed by atoms with E-state index < -0.39 is 5.91 Å². The molecule has 1 fully saturated rings. The van der Waals surface area contributed by atoms with Gasteiger partial charge in [-0.05, 0) is 43.7 Å². The van der Waals surface area contributed by atoms with Crippen molar-refractivity contribution in [3.05, 3.63) is 41.8 Å². The lowest BCUT2D eigenvalue weighted by atomic mass is 10.2. The van der Waals surface area contributed by atoms with Gasteiger partial charge in [0.05, 0.1) is 6.04 Å². The Kier molecular flexibility index (Phi) is 3.66. The minimum absolute atomic E-state index is 0.00512. The number of amides is 1. The standard InChI is InChI=1S/C14H15FN4O2/c1-19(10-6-4-9(15)5-7-10)14(20)12-17-13(21-18-12)11-3-2-8-16-11/h4-7,11,16H,2-3,8H2,1H3. The van der Waals surface area contributed by atoms with Gasteiger partial charge in [0.2, 0.25) is 5.89 Å². The Balaban J connectivity index is 1.76. The molecule has 3 rings (SSSR count). The maximum absolute atomic E-state index is 12.9. The topological polar surface area (TPSA) is 71.3 Å². The molecule has 2 heterocycles. The summed E-state index contributed by atoms with van der Waals surface area (Å²) >= 11 is 0. The summed E-state index contributed by atoms with van der Waals surface area (Å²) < 4.78 is 18.0. The van der Waals surface area contributed by atoms with Crippen LogP contribution in [0.4, 0.5) is 10.1 Å². The van der Waals surface area contributed by atoms with Crippen molar-refractivity contribution in [1.82, 2.24) is 15.5 Å². The van der Waals surface area contributed by atoms with Crippen LogP contribution < -0.4 is 10.2 Å². The minimum Gasteiger partial charge on any atom is -0.337 e. The van der Waals surface area contributed by atoms with Gasteiger partial charge in [0.25, 0.3) is 11.7 Å². The van der Waals surface area contributed by atoms with Gasteiger partial charge < -0.3 is 14.7 Å². The molecule has 0 radical (unpaired) electrons. The number of carbonyl (C=O) groups is 1. The van der Waals surface area contributed by atoms with E-state index in [2.05, 4.69) is 15.5 Å². The van der Waals surface area contributed by atoms with Crippen LogP contribution in [0.1, 0.15) is 35.4 Å². The molecule has 110 valence electrons. The third-order valence-corrected chi connectivity index (χ3v) is 3.51. The summed E-state index contributed by atoms with van der Waals surface area (Å²) in [6, 6.07) is 5.65. The first kappa shape index (κ1) is 13.7. The largest absolute Gasteiger partial charge is 0.337 e. The van der Waals surface area contributed by atoms with E-state index in [1.807, 2.05) is 0 Å². The molecule has 1 amide bonds. The molecule has 0 saturated carbocycles. The van der Waals surface area contributed by atoms with Crippen molar-refractivity contribution < 1.29 is 13.7 Å². The molecule has 7 heteroatoms. The highest BCUT2D eigenvalue weighted by molar-refractivity contribution is 6.02. The lowest BCUT2D eigenvalue weighted by molar-refractivity contribution is 0.0980. The van der Waals surface area contributed by atoms with Crippen LogP contribution in [-0.4, -0.2) is 29.6 Å². The van der Waals surface area contributed by atoms with Crippen molar-refractivity contribution in [2.45, 2.75) is 18.9 Å².